The molecule has 0 saturated carbocycles. The summed E-state index contributed by atoms with van der Waals surface area (Å²) in [6.07, 6.45) is 4.05. The summed E-state index contributed by atoms with van der Waals surface area (Å²) in [7, 11) is 0. The predicted molar refractivity (Wildman–Crippen MR) is 69.0 cm³/mol. The second-order valence-corrected chi connectivity index (χ2v) is 5.90. The first-order valence-electron chi connectivity index (χ1n) is 6.63. The number of nitrogens with zero attached hydrogens (tertiary/aromatic N) is 2. The number of amides is 2. The maximum absolute atomic E-state index is 12.3. The maximum atomic E-state index is 12.3. The van der Waals surface area contributed by atoms with Gasteiger partial charge in [0.15, 0.2) is 0 Å². The molecule has 2 rings (SSSR count). The van der Waals surface area contributed by atoms with E-state index in [1.54, 1.807) is 0 Å². The van der Waals surface area contributed by atoms with Crippen molar-refractivity contribution in [2.24, 2.45) is 10.5 Å². The Bertz CT molecular complexity index is 388. The number of carbonyl (C=O) groups excluding carboxylic acids is 2. The van der Waals surface area contributed by atoms with Gasteiger partial charge in [0.25, 0.3) is 5.91 Å². The van der Waals surface area contributed by atoms with Crippen LogP contribution in [-0.2, 0) is 9.59 Å². The van der Waals surface area contributed by atoms with Gasteiger partial charge in [-0.15, -0.1) is 0 Å². The van der Waals surface area contributed by atoms with Crippen molar-refractivity contribution in [2.75, 3.05) is 13.1 Å². The van der Waals surface area contributed by atoms with Crippen LogP contribution in [0.1, 0.15) is 46.0 Å². The summed E-state index contributed by atoms with van der Waals surface area (Å²) < 4.78 is 0. The number of hydrogen-bond donors (Lipinski definition) is 1. The Morgan fingerprint density at radius 1 is 1.28 bits per heavy atom. The fourth-order valence-electron chi connectivity index (χ4n) is 2.44. The second kappa shape index (κ2) is 5.08. The lowest BCUT2D eigenvalue weighted by Gasteiger charge is -2.24. The zero-order valence-electron chi connectivity index (χ0n) is 11.2. The monoisotopic (exact) mass is 251 g/mol. The van der Waals surface area contributed by atoms with Crippen molar-refractivity contribution >= 4 is 17.5 Å². The molecule has 2 heterocycles. The maximum Gasteiger partial charge on any atom is 0.270 e. The van der Waals surface area contributed by atoms with Gasteiger partial charge in [-0.25, -0.2) is 5.43 Å². The van der Waals surface area contributed by atoms with E-state index in [0.29, 0.717) is 24.0 Å². The standard InChI is InChI=1S/C13H21N3O2/c1-13(2)6-3-8-16(9-7-13)12(18)10-4-5-11(17)15-14-10/h3-9H2,1-2H3,(H,15,17). The number of likely N-dealkylation sites (tertiary alicyclic amines) is 1. The summed E-state index contributed by atoms with van der Waals surface area (Å²) in [5.74, 6) is -0.115. The first kappa shape index (κ1) is 13.1. The zero-order chi connectivity index (χ0) is 13.2. The van der Waals surface area contributed by atoms with Crippen molar-refractivity contribution in [3.63, 3.8) is 0 Å². The van der Waals surface area contributed by atoms with Crippen molar-refractivity contribution in [3.05, 3.63) is 0 Å². The minimum Gasteiger partial charge on any atom is -0.338 e. The second-order valence-electron chi connectivity index (χ2n) is 5.90. The Morgan fingerprint density at radius 2 is 2.06 bits per heavy atom. The minimum atomic E-state index is -0.108. The third-order valence-corrected chi connectivity index (χ3v) is 3.78. The molecule has 100 valence electrons. The van der Waals surface area contributed by atoms with Gasteiger partial charge in [-0.3, -0.25) is 9.59 Å². The fraction of sp³-hybridized carbons (Fsp3) is 0.769. The molecule has 5 nitrogen and oxygen atoms in total. The average Bonchev–Trinajstić information content (AvgIpc) is 2.50. The van der Waals surface area contributed by atoms with Gasteiger partial charge in [0, 0.05) is 25.9 Å². The number of hydrogen-bond acceptors (Lipinski definition) is 3. The Hall–Kier alpha value is -1.39. The number of carbonyl (C=O) groups is 2. The molecule has 1 N–H and O–H groups in total. The molecule has 2 aliphatic rings. The smallest absolute Gasteiger partial charge is 0.270 e. The first-order chi connectivity index (χ1) is 8.48. The Morgan fingerprint density at radius 3 is 2.72 bits per heavy atom. The van der Waals surface area contributed by atoms with Gasteiger partial charge in [-0.1, -0.05) is 13.8 Å². The van der Waals surface area contributed by atoms with Crippen molar-refractivity contribution in [1.29, 1.82) is 0 Å². The molecule has 18 heavy (non-hydrogen) atoms. The van der Waals surface area contributed by atoms with Gasteiger partial charge < -0.3 is 4.90 Å². The van der Waals surface area contributed by atoms with Gasteiger partial charge in [0.1, 0.15) is 5.71 Å². The molecule has 0 aromatic carbocycles. The third-order valence-electron chi connectivity index (χ3n) is 3.78. The van der Waals surface area contributed by atoms with Crippen molar-refractivity contribution in [3.8, 4) is 0 Å². The van der Waals surface area contributed by atoms with E-state index in [1.165, 1.54) is 0 Å². The molecule has 0 aromatic rings. The van der Waals surface area contributed by atoms with Crippen LogP contribution in [0.25, 0.3) is 0 Å². The van der Waals surface area contributed by atoms with Crippen molar-refractivity contribution < 1.29 is 9.59 Å². The number of rotatable bonds is 1. The van der Waals surface area contributed by atoms with E-state index in [-0.39, 0.29) is 11.8 Å². The number of hydrazone groups is 1. The van der Waals surface area contributed by atoms with Crippen LogP contribution >= 0.6 is 0 Å². The summed E-state index contributed by atoms with van der Waals surface area (Å²) in [4.78, 5) is 25.2. The molecule has 0 unspecified atom stereocenters. The van der Waals surface area contributed by atoms with Gasteiger partial charge in [-0.2, -0.15) is 5.10 Å². The fourth-order valence-corrected chi connectivity index (χ4v) is 2.44. The highest BCUT2D eigenvalue weighted by Gasteiger charge is 2.28. The SMILES string of the molecule is CC1(C)CCCN(C(=O)C2=NNC(=O)CC2)CC1. The summed E-state index contributed by atoms with van der Waals surface area (Å²) in [6.45, 7) is 6.09. The quantitative estimate of drug-likeness (QED) is 0.763. The largest absolute Gasteiger partial charge is 0.338 e. The molecule has 0 radical (unpaired) electrons. The van der Waals surface area contributed by atoms with Crippen molar-refractivity contribution in [1.82, 2.24) is 10.3 Å². The van der Waals surface area contributed by atoms with E-state index in [1.807, 2.05) is 4.90 Å². The van der Waals surface area contributed by atoms with Crippen LogP contribution in [0.2, 0.25) is 0 Å². The van der Waals surface area contributed by atoms with Gasteiger partial charge >= 0.3 is 0 Å². The highest BCUT2D eigenvalue weighted by Crippen LogP contribution is 2.29. The summed E-state index contributed by atoms with van der Waals surface area (Å²) >= 11 is 0. The Kier molecular flexibility index (Phi) is 3.68. The lowest BCUT2D eigenvalue weighted by atomic mass is 9.85. The molecule has 0 atom stereocenters. The summed E-state index contributed by atoms with van der Waals surface area (Å²) in [6, 6.07) is 0. The van der Waals surface area contributed by atoms with E-state index in [4.69, 9.17) is 0 Å². The molecular weight excluding hydrogens is 230 g/mol. The van der Waals surface area contributed by atoms with Crippen LogP contribution in [0.3, 0.4) is 0 Å². The zero-order valence-corrected chi connectivity index (χ0v) is 11.2. The first-order valence-corrected chi connectivity index (χ1v) is 6.63. The van der Waals surface area contributed by atoms with Crippen LogP contribution < -0.4 is 5.43 Å². The molecule has 0 aromatic heterocycles. The molecule has 1 saturated heterocycles. The normalized spacial score (nSPS) is 24.0. The van der Waals surface area contributed by atoms with Crippen LogP contribution in [0.15, 0.2) is 5.10 Å². The van der Waals surface area contributed by atoms with Crippen LogP contribution in [0.4, 0.5) is 0 Å². The minimum absolute atomic E-state index is 0.00676. The highest BCUT2D eigenvalue weighted by molar-refractivity contribution is 6.39. The van der Waals surface area contributed by atoms with Crippen LogP contribution in [0.5, 0.6) is 0 Å². The number of nitrogens with one attached hydrogen (secondary N) is 1. The lowest BCUT2D eigenvalue weighted by molar-refractivity contribution is -0.124. The molecule has 1 fully saturated rings. The molecule has 2 amide bonds. The van der Waals surface area contributed by atoms with E-state index in [2.05, 4.69) is 24.4 Å². The highest BCUT2D eigenvalue weighted by atomic mass is 16.2. The van der Waals surface area contributed by atoms with Gasteiger partial charge in [0.2, 0.25) is 5.91 Å². The molecule has 5 heteroatoms. The van der Waals surface area contributed by atoms with E-state index in [9.17, 15) is 9.59 Å². The van der Waals surface area contributed by atoms with E-state index >= 15 is 0 Å². The Balaban J connectivity index is 1.99. The van der Waals surface area contributed by atoms with Gasteiger partial charge in [-0.05, 0) is 24.7 Å². The van der Waals surface area contributed by atoms with Crippen LogP contribution in [-0.4, -0.2) is 35.5 Å². The Labute approximate surface area is 108 Å². The lowest BCUT2D eigenvalue weighted by Crippen LogP contribution is -2.40. The summed E-state index contributed by atoms with van der Waals surface area (Å²) in [5.41, 5.74) is 3.20. The topological polar surface area (TPSA) is 61.8 Å². The molecule has 0 spiro atoms. The van der Waals surface area contributed by atoms with Crippen molar-refractivity contribution in [2.45, 2.75) is 46.0 Å². The molecule has 0 aliphatic carbocycles. The average molecular weight is 251 g/mol. The van der Waals surface area contributed by atoms with E-state index < -0.39 is 0 Å². The van der Waals surface area contributed by atoms with Crippen LogP contribution in [0, 0.1) is 5.41 Å². The predicted octanol–water partition coefficient (Wildman–Crippen LogP) is 1.29. The van der Waals surface area contributed by atoms with E-state index in [0.717, 1.165) is 32.4 Å². The third kappa shape index (κ3) is 3.09. The van der Waals surface area contributed by atoms with Gasteiger partial charge in [0.05, 0.1) is 0 Å². The molecule has 0 bridgehead atoms. The molecular formula is C13H21N3O2. The summed E-state index contributed by atoms with van der Waals surface area (Å²) in [5, 5.41) is 3.88. The molecule has 2 aliphatic heterocycles.